The summed E-state index contributed by atoms with van der Waals surface area (Å²) in [6, 6.07) is 3.67. The average Bonchev–Trinajstić information content (AvgIpc) is 3.10. The van der Waals surface area contributed by atoms with Crippen molar-refractivity contribution < 1.29 is 9.53 Å². The normalized spacial score (nSPS) is 23.1. The molecule has 1 fully saturated rings. The Morgan fingerprint density at radius 1 is 1.48 bits per heavy atom. The van der Waals surface area contributed by atoms with E-state index in [4.69, 9.17) is 4.74 Å². The fourth-order valence-corrected chi connectivity index (χ4v) is 3.33. The summed E-state index contributed by atoms with van der Waals surface area (Å²) in [6.07, 6.45) is 4.46. The first-order valence-corrected chi connectivity index (χ1v) is 7.70. The predicted octanol–water partition coefficient (Wildman–Crippen LogP) is 0.383. The van der Waals surface area contributed by atoms with Gasteiger partial charge in [0.15, 0.2) is 0 Å². The quantitative estimate of drug-likeness (QED) is 0.863. The maximum atomic E-state index is 12.1. The molecule has 1 N–H and O–H groups in total. The number of nitrogens with zero attached hydrogens (tertiary/aromatic N) is 5. The van der Waals surface area contributed by atoms with Crippen molar-refractivity contribution >= 4 is 11.7 Å². The van der Waals surface area contributed by atoms with Crippen LogP contribution in [-0.2, 0) is 11.3 Å². The maximum absolute atomic E-state index is 12.1. The van der Waals surface area contributed by atoms with E-state index in [1.807, 2.05) is 4.68 Å². The molecule has 0 aromatic carbocycles. The first-order chi connectivity index (χ1) is 11.3. The number of aromatic nitrogens is 4. The molecule has 2 atom stereocenters. The number of amides is 1. The van der Waals surface area contributed by atoms with Gasteiger partial charge in [0.1, 0.15) is 5.82 Å². The van der Waals surface area contributed by atoms with Crippen LogP contribution in [0.5, 0.6) is 0 Å². The second-order valence-corrected chi connectivity index (χ2v) is 5.78. The van der Waals surface area contributed by atoms with E-state index < -0.39 is 0 Å². The molecule has 4 heterocycles. The summed E-state index contributed by atoms with van der Waals surface area (Å²) < 4.78 is 7.87. The zero-order valence-electron chi connectivity index (χ0n) is 12.8. The minimum absolute atomic E-state index is 0.0922. The van der Waals surface area contributed by atoms with E-state index in [9.17, 15) is 4.79 Å². The van der Waals surface area contributed by atoms with E-state index in [-0.39, 0.29) is 18.1 Å². The molecular weight excluding hydrogens is 296 g/mol. The van der Waals surface area contributed by atoms with Gasteiger partial charge in [-0.15, -0.1) is 5.10 Å². The number of carbonyl (C=O) groups excluding carboxylic acids is 1. The van der Waals surface area contributed by atoms with Crippen molar-refractivity contribution in [3.8, 4) is 0 Å². The first-order valence-electron chi connectivity index (χ1n) is 7.70. The second-order valence-electron chi connectivity index (χ2n) is 5.78. The Kier molecular flexibility index (Phi) is 3.45. The predicted molar refractivity (Wildman–Crippen MR) is 82.1 cm³/mol. The van der Waals surface area contributed by atoms with Gasteiger partial charge in [-0.1, -0.05) is 5.21 Å². The van der Waals surface area contributed by atoms with Gasteiger partial charge >= 0.3 is 0 Å². The summed E-state index contributed by atoms with van der Waals surface area (Å²) in [5.74, 6) is 0.578. The molecule has 0 bridgehead atoms. The highest BCUT2D eigenvalue weighted by molar-refractivity contribution is 5.98. The number of fused-ring (bicyclic) bond motifs is 3. The monoisotopic (exact) mass is 314 g/mol. The molecule has 0 spiro atoms. The van der Waals surface area contributed by atoms with Crippen LogP contribution < -0.4 is 10.2 Å². The van der Waals surface area contributed by atoms with Gasteiger partial charge in [0.2, 0.25) is 0 Å². The third kappa shape index (κ3) is 2.35. The highest BCUT2D eigenvalue weighted by Gasteiger charge is 2.37. The highest BCUT2D eigenvalue weighted by Crippen LogP contribution is 2.32. The molecule has 0 radical (unpaired) electrons. The van der Waals surface area contributed by atoms with Crippen molar-refractivity contribution in [3.05, 3.63) is 35.8 Å². The molecule has 23 heavy (non-hydrogen) atoms. The molecule has 1 amide bonds. The van der Waals surface area contributed by atoms with Gasteiger partial charge in [0.05, 0.1) is 36.2 Å². The van der Waals surface area contributed by atoms with E-state index in [0.29, 0.717) is 24.5 Å². The molecule has 8 heteroatoms. The van der Waals surface area contributed by atoms with Crippen molar-refractivity contribution in [3.63, 3.8) is 0 Å². The molecule has 2 aliphatic rings. The number of hydrogen-bond acceptors (Lipinski definition) is 6. The lowest BCUT2D eigenvalue weighted by molar-refractivity contribution is -0.0373. The lowest BCUT2D eigenvalue weighted by atomic mass is 10.00. The van der Waals surface area contributed by atoms with Gasteiger partial charge in [0, 0.05) is 26.3 Å². The van der Waals surface area contributed by atoms with E-state index in [1.54, 1.807) is 31.6 Å². The summed E-state index contributed by atoms with van der Waals surface area (Å²) in [5, 5.41) is 10.9. The van der Waals surface area contributed by atoms with Crippen LogP contribution in [0.2, 0.25) is 0 Å². The summed E-state index contributed by atoms with van der Waals surface area (Å²) in [7, 11) is 1.63. The zero-order chi connectivity index (χ0) is 15.8. The van der Waals surface area contributed by atoms with Crippen molar-refractivity contribution in [2.75, 3.05) is 25.0 Å². The molecule has 0 aliphatic carbocycles. The smallest absolute Gasteiger partial charge is 0.254 e. The fourth-order valence-electron chi connectivity index (χ4n) is 3.33. The number of anilines is 1. The van der Waals surface area contributed by atoms with Crippen molar-refractivity contribution in [1.29, 1.82) is 0 Å². The molecule has 8 nitrogen and oxygen atoms in total. The molecular formula is C15H18N6O2. The minimum atomic E-state index is -0.128. The standard InChI is InChI=1S/C15H18N6O2/c1-16-15(22)11-3-2-5-17-14(11)20-6-4-13-12(8-20)21-10(9-23-13)7-18-19-21/h2-3,5,7,12-13H,4,6,8-9H2,1H3,(H,16,22)/t12-,13+/m1/s1. The van der Waals surface area contributed by atoms with Crippen LogP contribution in [0.25, 0.3) is 0 Å². The van der Waals surface area contributed by atoms with Gasteiger partial charge in [-0.3, -0.25) is 4.79 Å². The highest BCUT2D eigenvalue weighted by atomic mass is 16.5. The van der Waals surface area contributed by atoms with Gasteiger partial charge in [0.25, 0.3) is 5.91 Å². The van der Waals surface area contributed by atoms with Gasteiger partial charge in [-0.05, 0) is 18.6 Å². The molecule has 2 aromatic rings. The summed E-state index contributed by atoms with van der Waals surface area (Å²) in [4.78, 5) is 18.6. The maximum Gasteiger partial charge on any atom is 0.254 e. The third-order valence-electron chi connectivity index (χ3n) is 4.49. The Morgan fingerprint density at radius 2 is 2.39 bits per heavy atom. The number of hydrogen-bond donors (Lipinski definition) is 1. The number of pyridine rings is 1. The Morgan fingerprint density at radius 3 is 3.26 bits per heavy atom. The van der Waals surface area contributed by atoms with Gasteiger partial charge in [-0.25, -0.2) is 9.67 Å². The number of carbonyl (C=O) groups is 1. The minimum Gasteiger partial charge on any atom is -0.370 e. The van der Waals surface area contributed by atoms with Gasteiger partial charge in [-0.2, -0.15) is 0 Å². The molecule has 0 saturated carbocycles. The van der Waals surface area contributed by atoms with Crippen molar-refractivity contribution in [1.82, 2.24) is 25.3 Å². The third-order valence-corrected chi connectivity index (χ3v) is 4.49. The SMILES string of the molecule is CNC(=O)c1cccnc1N1CC[C@@H]2OCc3cnnn3[C@@H]2C1. The topological polar surface area (TPSA) is 85.2 Å². The Bertz CT molecular complexity index is 730. The van der Waals surface area contributed by atoms with Gasteiger partial charge < -0.3 is 15.0 Å². The average molecular weight is 314 g/mol. The van der Waals surface area contributed by atoms with Crippen molar-refractivity contribution in [2.24, 2.45) is 0 Å². The first kappa shape index (κ1) is 14.1. The van der Waals surface area contributed by atoms with Crippen LogP contribution in [0.15, 0.2) is 24.5 Å². The van der Waals surface area contributed by atoms with E-state index in [0.717, 1.165) is 18.7 Å². The van der Waals surface area contributed by atoms with Crippen LogP contribution >= 0.6 is 0 Å². The van der Waals surface area contributed by atoms with Crippen LogP contribution in [0.1, 0.15) is 28.5 Å². The number of piperidine rings is 1. The van der Waals surface area contributed by atoms with Crippen LogP contribution in [0, 0.1) is 0 Å². The Labute approximate surface area is 133 Å². The van der Waals surface area contributed by atoms with Crippen LogP contribution in [0.4, 0.5) is 5.82 Å². The molecule has 120 valence electrons. The van der Waals surface area contributed by atoms with Crippen molar-refractivity contribution in [2.45, 2.75) is 25.2 Å². The summed E-state index contributed by atoms with van der Waals surface area (Å²) >= 11 is 0. The molecule has 2 aliphatic heterocycles. The Balaban J connectivity index is 1.65. The summed E-state index contributed by atoms with van der Waals surface area (Å²) in [5.41, 5.74) is 1.57. The molecule has 4 rings (SSSR count). The number of rotatable bonds is 2. The molecule has 0 unspecified atom stereocenters. The second kappa shape index (κ2) is 5.62. The zero-order valence-corrected chi connectivity index (χ0v) is 12.8. The summed E-state index contributed by atoms with van der Waals surface area (Å²) in [6.45, 7) is 2.05. The fraction of sp³-hybridized carbons (Fsp3) is 0.467. The lowest BCUT2D eigenvalue weighted by Crippen LogP contribution is -2.48. The van der Waals surface area contributed by atoms with E-state index >= 15 is 0 Å². The Hall–Kier alpha value is -2.48. The number of nitrogens with one attached hydrogen (secondary N) is 1. The number of ether oxygens (including phenoxy) is 1. The van der Waals surface area contributed by atoms with Crippen LogP contribution in [-0.4, -0.2) is 52.1 Å². The molecule has 2 aromatic heterocycles. The van der Waals surface area contributed by atoms with E-state index in [1.165, 1.54) is 0 Å². The van der Waals surface area contributed by atoms with E-state index in [2.05, 4.69) is 25.5 Å². The largest absolute Gasteiger partial charge is 0.370 e. The lowest BCUT2D eigenvalue weighted by Gasteiger charge is -2.41. The van der Waals surface area contributed by atoms with Crippen LogP contribution in [0.3, 0.4) is 0 Å². The molecule has 1 saturated heterocycles.